The highest BCUT2D eigenvalue weighted by Crippen LogP contribution is 2.31. The average molecular weight is 342 g/mol. The van der Waals surface area contributed by atoms with E-state index < -0.39 is 5.54 Å². The number of carbonyl (C=O) groups is 1. The van der Waals surface area contributed by atoms with Crippen molar-refractivity contribution in [2.75, 3.05) is 18.0 Å². The van der Waals surface area contributed by atoms with E-state index in [-0.39, 0.29) is 5.91 Å². The van der Waals surface area contributed by atoms with Crippen molar-refractivity contribution in [1.82, 2.24) is 5.32 Å². The van der Waals surface area contributed by atoms with E-state index in [1.165, 1.54) is 0 Å². The molecule has 0 aromatic heterocycles. The number of thiocarbonyl (C=S) groups is 1. The number of nitrogens with zero attached hydrogens (tertiary/aromatic N) is 1. The quantitative estimate of drug-likeness (QED) is 0.805. The first-order valence-electron chi connectivity index (χ1n) is 5.99. The number of hydrogen-bond acceptors (Lipinski definition) is 3. The zero-order valence-corrected chi connectivity index (χ0v) is 13.3. The lowest BCUT2D eigenvalue weighted by Gasteiger charge is -2.43. The molecule has 2 rings (SSSR count). The Bertz CT molecular complexity index is 545. The Hall–Kier alpha value is -1.14. The molecule has 1 amide bonds. The van der Waals surface area contributed by atoms with E-state index >= 15 is 0 Å². The number of piperazine rings is 1. The van der Waals surface area contributed by atoms with Gasteiger partial charge in [0.15, 0.2) is 0 Å². The minimum absolute atomic E-state index is 0.00978. The molecular formula is C13H16BrN3OS. The van der Waals surface area contributed by atoms with E-state index in [4.69, 9.17) is 18.0 Å². The van der Waals surface area contributed by atoms with E-state index in [9.17, 15) is 4.79 Å². The third-order valence-corrected chi connectivity index (χ3v) is 4.08. The van der Waals surface area contributed by atoms with Crippen LogP contribution in [0.4, 0.5) is 5.69 Å². The molecule has 3 N–H and O–H groups in total. The molecule has 0 spiro atoms. The van der Waals surface area contributed by atoms with Gasteiger partial charge in [0.25, 0.3) is 0 Å². The number of amides is 1. The molecule has 0 atom stereocenters. The van der Waals surface area contributed by atoms with Gasteiger partial charge >= 0.3 is 0 Å². The van der Waals surface area contributed by atoms with Crippen LogP contribution >= 0.6 is 28.1 Å². The highest BCUT2D eigenvalue weighted by Gasteiger charge is 2.38. The fourth-order valence-corrected chi connectivity index (χ4v) is 2.79. The van der Waals surface area contributed by atoms with Crippen LogP contribution in [0.3, 0.4) is 0 Å². The monoisotopic (exact) mass is 341 g/mol. The van der Waals surface area contributed by atoms with Crippen molar-refractivity contribution in [2.24, 2.45) is 5.73 Å². The van der Waals surface area contributed by atoms with Crippen LogP contribution < -0.4 is 16.0 Å². The lowest BCUT2D eigenvalue weighted by Crippen LogP contribution is -2.62. The van der Waals surface area contributed by atoms with Crippen molar-refractivity contribution in [3.05, 3.63) is 28.2 Å². The predicted molar refractivity (Wildman–Crippen MR) is 84.5 cm³/mol. The highest BCUT2D eigenvalue weighted by molar-refractivity contribution is 9.10. The SMILES string of the molecule is CC1(C)C(=O)NCCN1c1ccc(Br)cc1C(N)=S. The number of hydrogen-bond donors (Lipinski definition) is 2. The number of benzene rings is 1. The van der Waals surface area contributed by atoms with Crippen LogP contribution in [-0.4, -0.2) is 29.5 Å². The molecule has 0 radical (unpaired) electrons. The first-order valence-corrected chi connectivity index (χ1v) is 7.19. The van der Waals surface area contributed by atoms with Crippen molar-refractivity contribution in [3.63, 3.8) is 0 Å². The van der Waals surface area contributed by atoms with Crippen LogP contribution in [-0.2, 0) is 4.79 Å². The molecule has 0 bridgehead atoms. The first-order chi connectivity index (χ1) is 8.84. The zero-order chi connectivity index (χ0) is 14.2. The second-order valence-corrected chi connectivity index (χ2v) is 6.35. The van der Waals surface area contributed by atoms with Crippen LogP contribution in [0, 0.1) is 0 Å². The van der Waals surface area contributed by atoms with Gasteiger partial charge in [-0.25, -0.2) is 0 Å². The van der Waals surface area contributed by atoms with Crippen LogP contribution in [0.15, 0.2) is 22.7 Å². The summed E-state index contributed by atoms with van der Waals surface area (Å²) in [4.78, 5) is 14.4. The van der Waals surface area contributed by atoms with E-state index in [0.29, 0.717) is 11.5 Å². The van der Waals surface area contributed by atoms with Crippen molar-refractivity contribution >= 4 is 44.7 Å². The van der Waals surface area contributed by atoms with E-state index in [1.54, 1.807) is 0 Å². The van der Waals surface area contributed by atoms with Crippen molar-refractivity contribution in [1.29, 1.82) is 0 Å². The second kappa shape index (κ2) is 5.09. The van der Waals surface area contributed by atoms with Crippen molar-refractivity contribution in [2.45, 2.75) is 19.4 Å². The van der Waals surface area contributed by atoms with Gasteiger partial charge in [0.1, 0.15) is 10.5 Å². The van der Waals surface area contributed by atoms with E-state index in [0.717, 1.165) is 22.3 Å². The molecule has 1 heterocycles. The van der Waals surface area contributed by atoms with Gasteiger partial charge in [0.2, 0.25) is 5.91 Å². The molecule has 0 unspecified atom stereocenters. The summed E-state index contributed by atoms with van der Waals surface area (Å²) in [6.45, 7) is 5.14. The highest BCUT2D eigenvalue weighted by atomic mass is 79.9. The molecule has 1 aliphatic rings. The maximum absolute atomic E-state index is 12.0. The molecule has 0 saturated carbocycles. The molecule has 1 fully saturated rings. The van der Waals surface area contributed by atoms with E-state index in [2.05, 4.69) is 21.2 Å². The van der Waals surface area contributed by atoms with Crippen LogP contribution in [0.25, 0.3) is 0 Å². The smallest absolute Gasteiger partial charge is 0.245 e. The fraction of sp³-hybridized carbons (Fsp3) is 0.385. The summed E-state index contributed by atoms with van der Waals surface area (Å²) in [5, 5.41) is 2.88. The van der Waals surface area contributed by atoms with E-state index in [1.807, 2.05) is 36.9 Å². The normalized spacial score (nSPS) is 18.1. The van der Waals surface area contributed by atoms with Crippen molar-refractivity contribution in [3.8, 4) is 0 Å². The van der Waals surface area contributed by atoms with Gasteiger partial charge in [-0.05, 0) is 32.0 Å². The van der Waals surface area contributed by atoms with Crippen molar-refractivity contribution < 1.29 is 4.79 Å². The molecule has 1 aliphatic heterocycles. The third kappa shape index (κ3) is 2.60. The Morgan fingerprint density at radius 2 is 2.21 bits per heavy atom. The number of halogens is 1. The van der Waals surface area contributed by atoms with Crippen LogP contribution in [0.5, 0.6) is 0 Å². The van der Waals surface area contributed by atoms with Gasteiger partial charge in [0.05, 0.1) is 0 Å². The minimum atomic E-state index is -0.619. The van der Waals surface area contributed by atoms with Gasteiger partial charge in [-0.2, -0.15) is 0 Å². The molecular weight excluding hydrogens is 326 g/mol. The molecule has 0 aliphatic carbocycles. The number of nitrogens with one attached hydrogen (secondary N) is 1. The largest absolute Gasteiger partial charge is 0.389 e. The summed E-state index contributed by atoms with van der Waals surface area (Å²) < 4.78 is 0.915. The van der Waals surface area contributed by atoms with Gasteiger partial charge in [-0.3, -0.25) is 4.79 Å². The Morgan fingerprint density at radius 3 is 2.84 bits per heavy atom. The average Bonchev–Trinajstić information content (AvgIpc) is 2.33. The zero-order valence-electron chi connectivity index (χ0n) is 10.9. The van der Waals surface area contributed by atoms with Crippen LogP contribution in [0.2, 0.25) is 0 Å². The number of nitrogens with two attached hydrogens (primary N) is 1. The maximum atomic E-state index is 12.0. The third-order valence-electron chi connectivity index (χ3n) is 3.37. The summed E-state index contributed by atoms with van der Waals surface area (Å²) in [6, 6.07) is 5.76. The Kier molecular flexibility index (Phi) is 3.82. The molecule has 102 valence electrons. The number of carbonyl (C=O) groups excluding carboxylic acids is 1. The van der Waals surface area contributed by atoms with Gasteiger partial charge in [0, 0.05) is 28.8 Å². The molecule has 1 saturated heterocycles. The minimum Gasteiger partial charge on any atom is -0.389 e. The number of rotatable bonds is 2. The Labute approximate surface area is 126 Å². The van der Waals surface area contributed by atoms with Gasteiger partial charge in [-0.1, -0.05) is 28.1 Å². The summed E-state index contributed by atoms with van der Waals surface area (Å²) in [6.07, 6.45) is 0. The maximum Gasteiger partial charge on any atom is 0.245 e. The van der Waals surface area contributed by atoms with Crippen LogP contribution in [0.1, 0.15) is 19.4 Å². The molecule has 6 heteroatoms. The lowest BCUT2D eigenvalue weighted by molar-refractivity contribution is -0.126. The molecule has 1 aromatic rings. The van der Waals surface area contributed by atoms with Gasteiger partial charge in [-0.15, -0.1) is 0 Å². The predicted octanol–water partition coefficient (Wildman–Crippen LogP) is 1.80. The number of anilines is 1. The summed E-state index contributed by atoms with van der Waals surface area (Å²) >= 11 is 8.53. The first kappa shape index (κ1) is 14.3. The van der Waals surface area contributed by atoms with Gasteiger partial charge < -0.3 is 16.0 Å². The molecule has 19 heavy (non-hydrogen) atoms. The Morgan fingerprint density at radius 1 is 1.53 bits per heavy atom. The standard InChI is InChI=1S/C13H16BrN3OS/c1-13(2)12(18)16-5-6-17(13)10-4-3-8(14)7-9(10)11(15)19/h3-4,7H,5-6H2,1-2H3,(H2,15,19)(H,16,18). The second-order valence-electron chi connectivity index (χ2n) is 4.99. The molecule has 4 nitrogen and oxygen atoms in total. The molecule has 1 aromatic carbocycles. The summed E-state index contributed by atoms with van der Waals surface area (Å²) in [5.41, 5.74) is 6.86. The Balaban J connectivity index is 2.52. The summed E-state index contributed by atoms with van der Waals surface area (Å²) in [7, 11) is 0. The lowest BCUT2D eigenvalue weighted by atomic mass is 9.96. The summed E-state index contributed by atoms with van der Waals surface area (Å²) in [5.74, 6) is 0.00978. The topological polar surface area (TPSA) is 58.4 Å². The fourth-order valence-electron chi connectivity index (χ4n) is 2.26.